The summed E-state index contributed by atoms with van der Waals surface area (Å²) >= 11 is 12.2. The van der Waals surface area contributed by atoms with Crippen LogP contribution in [0.3, 0.4) is 0 Å². The van der Waals surface area contributed by atoms with E-state index in [0.717, 1.165) is 22.3 Å². The predicted molar refractivity (Wildman–Crippen MR) is 115 cm³/mol. The number of nitrogens with one attached hydrogen (secondary N) is 1. The first-order valence-corrected chi connectivity index (χ1v) is 9.50. The van der Waals surface area contributed by atoms with E-state index >= 15 is 0 Å². The summed E-state index contributed by atoms with van der Waals surface area (Å²) in [7, 11) is 0. The fourth-order valence-corrected chi connectivity index (χ4v) is 3.53. The van der Waals surface area contributed by atoms with Crippen LogP contribution in [0, 0.1) is 13.8 Å². The molecule has 2 aromatic heterocycles. The van der Waals surface area contributed by atoms with Gasteiger partial charge in [0.05, 0.1) is 10.6 Å². The smallest absolute Gasteiger partial charge is 0.258 e. The number of carbonyl (C=O) groups is 1. The molecule has 140 valence electrons. The second kappa shape index (κ2) is 7.30. The lowest BCUT2D eigenvalue weighted by atomic mass is 10.1. The molecule has 4 aromatic rings. The summed E-state index contributed by atoms with van der Waals surface area (Å²) in [5.74, 6) is 0.275. The van der Waals surface area contributed by atoms with Gasteiger partial charge in [-0.1, -0.05) is 59.1 Å². The molecule has 0 saturated carbocycles. The van der Waals surface area contributed by atoms with Crippen molar-refractivity contribution in [3.8, 4) is 11.3 Å². The Labute approximate surface area is 172 Å². The largest absolute Gasteiger partial charge is 0.306 e. The Balaban J connectivity index is 1.84. The van der Waals surface area contributed by atoms with E-state index in [9.17, 15) is 4.79 Å². The Hall–Kier alpha value is -2.82. The number of benzene rings is 2. The lowest BCUT2D eigenvalue weighted by Gasteiger charge is -2.10. The molecule has 6 heteroatoms. The number of carbonyl (C=O) groups excluding carboxylic acids is 1. The summed E-state index contributed by atoms with van der Waals surface area (Å²) in [6, 6.07) is 16.8. The zero-order chi connectivity index (χ0) is 19.8. The maximum absolute atomic E-state index is 12.9. The minimum Gasteiger partial charge on any atom is -0.306 e. The molecule has 0 bridgehead atoms. The topological polar surface area (TPSA) is 46.4 Å². The molecule has 1 amide bonds. The molecule has 0 fully saturated rings. The van der Waals surface area contributed by atoms with Gasteiger partial charge in [-0.25, -0.2) is 4.98 Å². The summed E-state index contributed by atoms with van der Waals surface area (Å²) in [5, 5.41) is 3.76. The second-order valence-electron chi connectivity index (χ2n) is 6.69. The number of aromatic nitrogens is 2. The average molecular weight is 410 g/mol. The number of anilines is 1. The number of rotatable bonds is 3. The standard InChI is InChI=1S/C22H17Cl2N3O/c1-13-3-6-15(7-4-13)20-21(27-12-14(2)5-10-19(27)25-20)26-22(28)17-9-8-16(23)11-18(17)24/h3-12H,1-2H3,(H,26,28). The van der Waals surface area contributed by atoms with Crippen LogP contribution in [0.4, 0.5) is 5.82 Å². The number of hydrogen-bond donors (Lipinski definition) is 1. The van der Waals surface area contributed by atoms with Crippen LogP contribution >= 0.6 is 23.2 Å². The van der Waals surface area contributed by atoms with E-state index in [1.54, 1.807) is 18.2 Å². The molecule has 4 rings (SSSR count). The molecule has 0 aliphatic heterocycles. The van der Waals surface area contributed by atoms with Gasteiger partial charge in [0.15, 0.2) is 0 Å². The highest BCUT2D eigenvalue weighted by molar-refractivity contribution is 6.37. The van der Waals surface area contributed by atoms with Crippen molar-refractivity contribution in [2.24, 2.45) is 0 Å². The van der Waals surface area contributed by atoms with E-state index < -0.39 is 0 Å². The van der Waals surface area contributed by atoms with Crippen LogP contribution < -0.4 is 5.32 Å². The van der Waals surface area contributed by atoms with E-state index in [1.807, 2.05) is 60.8 Å². The molecule has 4 nitrogen and oxygen atoms in total. The molecule has 2 aromatic carbocycles. The van der Waals surface area contributed by atoms with Crippen LogP contribution in [0.2, 0.25) is 10.0 Å². The quantitative estimate of drug-likeness (QED) is 0.439. The number of aryl methyl sites for hydroxylation is 2. The van der Waals surface area contributed by atoms with E-state index in [2.05, 4.69) is 5.32 Å². The maximum Gasteiger partial charge on any atom is 0.258 e. The van der Waals surface area contributed by atoms with Crippen LogP contribution in [-0.2, 0) is 0 Å². The number of amides is 1. The van der Waals surface area contributed by atoms with Crippen molar-refractivity contribution in [2.45, 2.75) is 13.8 Å². The van der Waals surface area contributed by atoms with Gasteiger partial charge in [-0.05, 0) is 43.7 Å². The highest BCUT2D eigenvalue weighted by Gasteiger charge is 2.19. The fourth-order valence-electron chi connectivity index (χ4n) is 3.03. The summed E-state index contributed by atoms with van der Waals surface area (Å²) in [5.41, 5.74) is 4.93. The Morgan fingerprint density at radius 3 is 2.39 bits per heavy atom. The van der Waals surface area contributed by atoms with Crippen molar-refractivity contribution in [3.05, 3.63) is 87.5 Å². The Morgan fingerprint density at radius 1 is 0.964 bits per heavy atom. The summed E-state index contributed by atoms with van der Waals surface area (Å²) in [6.45, 7) is 4.02. The third-order valence-corrected chi connectivity index (χ3v) is 5.05. The number of halogens is 2. The first kappa shape index (κ1) is 18.5. The molecule has 28 heavy (non-hydrogen) atoms. The first-order chi connectivity index (χ1) is 13.4. The summed E-state index contributed by atoms with van der Waals surface area (Å²) in [4.78, 5) is 17.7. The van der Waals surface area contributed by atoms with Crippen molar-refractivity contribution in [3.63, 3.8) is 0 Å². The van der Waals surface area contributed by atoms with E-state index in [1.165, 1.54) is 0 Å². The van der Waals surface area contributed by atoms with Crippen molar-refractivity contribution in [1.82, 2.24) is 9.38 Å². The molecule has 1 N–H and O–H groups in total. The molecule has 0 radical (unpaired) electrons. The van der Waals surface area contributed by atoms with Gasteiger partial charge in [0.1, 0.15) is 17.2 Å². The Kier molecular flexibility index (Phi) is 4.84. The van der Waals surface area contributed by atoms with Gasteiger partial charge in [-0.15, -0.1) is 0 Å². The molecule has 0 atom stereocenters. The SMILES string of the molecule is Cc1ccc(-c2nc3ccc(C)cn3c2NC(=O)c2ccc(Cl)cc2Cl)cc1. The van der Waals surface area contributed by atoms with Crippen LogP contribution in [0.5, 0.6) is 0 Å². The number of imidazole rings is 1. The van der Waals surface area contributed by atoms with E-state index in [-0.39, 0.29) is 5.91 Å². The summed E-state index contributed by atoms with van der Waals surface area (Å²) < 4.78 is 1.88. The Bertz CT molecular complexity index is 1200. The van der Waals surface area contributed by atoms with Gasteiger partial charge in [-0.3, -0.25) is 9.20 Å². The Morgan fingerprint density at radius 2 is 1.68 bits per heavy atom. The molecular formula is C22H17Cl2N3O. The van der Waals surface area contributed by atoms with Crippen LogP contribution in [-0.4, -0.2) is 15.3 Å². The minimum atomic E-state index is -0.321. The van der Waals surface area contributed by atoms with Crippen molar-refractivity contribution < 1.29 is 4.79 Å². The third kappa shape index (κ3) is 3.49. The average Bonchev–Trinajstić information content (AvgIpc) is 3.00. The summed E-state index contributed by atoms with van der Waals surface area (Å²) in [6.07, 6.45) is 1.94. The number of pyridine rings is 1. The minimum absolute atomic E-state index is 0.298. The van der Waals surface area contributed by atoms with Gasteiger partial charge in [0, 0.05) is 16.8 Å². The van der Waals surface area contributed by atoms with Crippen molar-refractivity contribution >= 4 is 40.6 Å². The number of nitrogens with zero attached hydrogens (tertiary/aromatic N) is 2. The maximum atomic E-state index is 12.9. The molecular weight excluding hydrogens is 393 g/mol. The van der Waals surface area contributed by atoms with Crippen molar-refractivity contribution in [1.29, 1.82) is 0 Å². The molecule has 2 heterocycles. The van der Waals surface area contributed by atoms with Gasteiger partial charge >= 0.3 is 0 Å². The predicted octanol–water partition coefficient (Wildman–Crippen LogP) is 6.18. The molecule has 0 saturated heterocycles. The van der Waals surface area contributed by atoms with Gasteiger partial charge in [0.25, 0.3) is 5.91 Å². The zero-order valence-electron chi connectivity index (χ0n) is 15.3. The molecule has 0 aliphatic carbocycles. The fraction of sp³-hybridized carbons (Fsp3) is 0.0909. The van der Waals surface area contributed by atoms with Gasteiger partial charge < -0.3 is 5.32 Å². The number of hydrogen-bond acceptors (Lipinski definition) is 2. The second-order valence-corrected chi connectivity index (χ2v) is 7.53. The van der Waals surface area contributed by atoms with Gasteiger partial charge in [0.2, 0.25) is 0 Å². The highest BCUT2D eigenvalue weighted by atomic mass is 35.5. The van der Waals surface area contributed by atoms with Crippen LogP contribution in [0.25, 0.3) is 16.9 Å². The van der Waals surface area contributed by atoms with Crippen LogP contribution in [0.1, 0.15) is 21.5 Å². The number of fused-ring (bicyclic) bond motifs is 1. The monoisotopic (exact) mass is 409 g/mol. The molecule has 0 spiro atoms. The first-order valence-electron chi connectivity index (χ1n) is 8.74. The zero-order valence-corrected chi connectivity index (χ0v) is 16.8. The van der Waals surface area contributed by atoms with Gasteiger partial charge in [-0.2, -0.15) is 0 Å². The van der Waals surface area contributed by atoms with E-state index in [4.69, 9.17) is 28.2 Å². The lowest BCUT2D eigenvalue weighted by molar-refractivity contribution is 0.102. The normalized spacial score (nSPS) is 11.0. The highest BCUT2D eigenvalue weighted by Crippen LogP contribution is 2.30. The molecule has 0 unspecified atom stereocenters. The van der Waals surface area contributed by atoms with Crippen molar-refractivity contribution in [2.75, 3.05) is 5.32 Å². The molecule has 0 aliphatic rings. The third-order valence-electron chi connectivity index (χ3n) is 4.50. The lowest BCUT2D eigenvalue weighted by Crippen LogP contribution is -2.14. The van der Waals surface area contributed by atoms with E-state index in [0.29, 0.717) is 27.1 Å². The van der Waals surface area contributed by atoms with Crippen LogP contribution in [0.15, 0.2) is 60.8 Å².